The third kappa shape index (κ3) is 5.73. The van der Waals surface area contributed by atoms with Gasteiger partial charge in [-0.15, -0.1) is 0 Å². The lowest BCUT2D eigenvalue weighted by Crippen LogP contribution is -2.17. The van der Waals surface area contributed by atoms with Crippen LogP contribution >= 0.6 is 11.6 Å². The molecule has 0 aliphatic heterocycles. The van der Waals surface area contributed by atoms with Crippen LogP contribution in [0.5, 0.6) is 11.5 Å². The fourth-order valence-corrected chi connectivity index (χ4v) is 2.72. The van der Waals surface area contributed by atoms with Crippen molar-refractivity contribution in [2.75, 3.05) is 13.2 Å². The maximum absolute atomic E-state index is 6.39. The van der Waals surface area contributed by atoms with E-state index in [1.54, 1.807) is 0 Å². The van der Waals surface area contributed by atoms with Crippen LogP contribution in [-0.2, 0) is 13.0 Å². The van der Waals surface area contributed by atoms with Gasteiger partial charge >= 0.3 is 0 Å². The SMILES string of the molecule is CCOc1cc(CNCCc2ccccc2)cc(Cl)c1OC(C)C. The van der Waals surface area contributed by atoms with Gasteiger partial charge in [-0.25, -0.2) is 0 Å². The van der Waals surface area contributed by atoms with Crippen LogP contribution in [0.1, 0.15) is 31.9 Å². The highest BCUT2D eigenvalue weighted by Gasteiger charge is 2.13. The minimum absolute atomic E-state index is 0.0524. The average molecular weight is 348 g/mol. The lowest BCUT2D eigenvalue weighted by atomic mass is 10.1. The van der Waals surface area contributed by atoms with Gasteiger partial charge in [0.05, 0.1) is 17.7 Å². The zero-order valence-electron chi connectivity index (χ0n) is 14.6. The Morgan fingerprint density at radius 1 is 1.08 bits per heavy atom. The summed E-state index contributed by atoms with van der Waals surface area (Å²) < 4.78 is 11.5. The van der Waals surface area contributed by atoms with Gasteiger partial charge in [0.1, 0.15) is 0 Å². The van der Waals surface area contributed by atoms with E-state index in [1.165, 1.54) is 5.56 Å². The summed E-state index contributed by atoms with van der Waals surface area (Å²) in [7, 11) is 0. The monoisotopic (exact) mass is 347 g/mol. The summed E-state index contributed by atoms with van der Waals surface area (Å²) >= 11 is 6.39. The second-order valence-electron chi connectivity index (χ2n) is 5.92. The van der Waals surface area contributed by atoms with Crippen LogP contribution < -0.4 is 14.8 Å². The summed E-state index contributed by atoms with van der Waals surface area (Å²) in [5, 5.41) is 4.04. The van der Waals surface area contributed by atoms with Gasteiger partial charge in [0.25, 0.3) is 0 Å². The Labute approximate surface area is 149 Å². The molecular formula is C20H26ClNO2. The summed E-state index contributed by atoms with van der Waals surface area (Å²) in [4.78, 5) is 0. The topological polar surface area (TPSA) is 30.5 Å². The van der Waals surface area contributed by atoms with Crippen molar-refractivity contribution in [2.24, 2.45) is 0 Å². The Bertz CT molecular complexity index is 629. The molecule has 0 amide bonds. The lowest BCUT2D eigenvalue weighted by molar-refractivity contribution is 0.224. The smallest absolute Gasteiger partial charge is 0.180 e. The first-order valence-electron chi connectivity index (χ1n) is 8.46. The molecule has 3 nitrogen and oxygen atoms in total. The fraction of sp³-hybridized carbons (Fsp3) is 0.400. The Balaban J connectivity index is 1.97. The predicted octanol–water partition coefficient (Wildman–Crippen LogP) is 4.86. The molecule has 0 aliphatic carbocycles. The quantitative estimate of drug-likeness (QED) is 0.657. The molecule has 0 spiro atoms. The van der Waals surface area contributed by atoms with Crippen LogP contribution in [0.3, 0.4) is 0 Å². The van der Waals surface area contributed by atoms with Crippen LogP contribution in [0.25, 0.3) is 0 Å². The van der Waals surface area contributed by atoms with Gasteiger partial charge in [0.2, 0.25) is 0 Å². The van der Waals surface area contributed by atoms with Crippen molar-refractivity contribution >= 4 is 11.6 Å². The third-order valence-electron chi connectivity index (χ3n) is 3.49. The molecule has 2 rings (SSSR count). The number of nitrogens with one attached hydrogen (secondary N) is 1. The number of hydrogen-bond donors (Lipinski definition) is 1. The Kier molecular flexibility index (Phi) is 7.41. The van der Waals surface area contributed by atoms with E-state index >= 15 is 0 Å². The van der Waals surface area contributed by atoms with Crippen molar-refractivity contribution in [3.63, 3.8) is 0 Å². The highest BCUT2D eigenvalue weighted by molar-refractivity contribution is 6.32. The second kappa shape index (κ2) is 9.55. The number of hydrogen-bond acceptors (Lipinski definition) is 3. The first-order valence-corrected chi connectivity index (χ1v) is 8.84. The molecule has 4 heteroatoms. The van der Waals surface area contributed by atoms with E-state index in [0.717, 1.165) is 25.1 Å². The van der Waals surface area contributed by atoms with Crippen molar-refractivity contribution in [3.05, 3.63) is 58.6 Å². The minimum Gasteiger partial charge on any atom is -0.490 e. The van der Waals surface area contributed by atoms with Crippen molar-refractivity contribution in [3.8, 4) is 11.5 Å². The molecule has 0 heterocycles. The van der Waals surface area contributed by atoms with Gasteiger partial charge in [-0.2, -0.15) is 0 Å². The Morgan fingerprint density at radius 3 is 2.50 bits per heavy atom. The highest BCUT2D eigenvalue weighted by atomic mass is 35.5. The van der Waals surface area contributed by atoms with Crippen molar-refractivity contribution < 1.29 is 9.47 Å². The molecule has 0 saturated heterocycles. The molecule has 0 fully saturated rings. The maximum Gasteiger partial charge on any atom is 0.180 e. The van der Waals surface area contributed by atoms with Crippen LogP contribution in [-0.4, -0.2) is 19.3 Å². The maximum atomic E-state index is 6.39. The molecule has 0 radical (unpaired) electrons. The number of halogens is 1. The zero-order valence-corrected chi connectivity index (χ0v) is 15.4. The van der Waals surface area contributed by atoms with E-state index in [4.69, 9.17) is 21.1 Å². The van der Waals surface area contributed by atoms with E-state index in [-0.39, 0.29) is 6.10 Å². The molecule has 1 N–H and O–H groups in total. The molecule has 2 aromatic carbocycles. The summed E-state index contributed by atoms with van der Waals surface area (Å²) in [6.45, 7) is 8.15. The lowest BCUT2D eigenvalue weighted by Gasteiger charge is -2.17. The minimum atomic E-state index is 0.0524. The highest BCUT2D eigenvalue weighted by Crippen LogP contribution is 2.37. The molecule has 0 unspecified atom stereocenters. The summed E-state index contributed by atoms with van der Waals surface area (Å²) in [6.07, 6.45) is 1.05. The average Bonchev–Trinajstić information content (AvgIpc) is 2.56. The summed E-state index contributed by atoms with van der Waals surface area (Å²) in [5.74, 6) is 1.33. The van der Waals surface area contributed by atoms with Gasteiger partial charge in [-0.3, -0.25) is 0 Å². The van der Waals surface area contributed by atoms with Gasteiger partial charge < -0.3 is 14.8 Å². The first-order chi connectivity index (χ1) is 11.6. The number of ether oxygens (including phenoxy) is 2. The largest absolute Gasteiger partial charge is 0.490 e. The van der Waals surface area contributed by atoms with Crippen LogP contribution in [0.2, 0.25) is 5.02 Å². The molecular weight excluding hydrogens is 322 g/mol. The normalized spacial score (nSPS) is 10.9. The van der Waals surface area contributed by atoms with E-state index < -0.39 is 0 Å². The predicted molar refractivity (Wildman–Crippen MR) is 100 cm³/mol. The Hall–Kier alpha value is -1.71. The standard InChI is InChI=1S/C20H26ClNO2/c1-4-23-19-13-17(12-18(21)20(19)24-15(2)3)14-22-11-10-16-8-6-5-7-9-16/h5-9,12-13,15,22H,4,10-11,14H2,1-3H3. The van der Waals surface area contributed by atoms with E-state index in [0.29, 0.717) is 23.1 Å². The number of rotatable bonds is 9. The van der Waals surface area contributed by atoms with Crippen LogP contribution in [0.15, 0.2) is 42.5 Å². The third-order valence-corrected chi connectivity index (χ3v) is 3.77. The fourth-order valence-electron chi connectivity index (χ4n) is 2.45. The molecule has 0 aromatic heterocycles. The summed E-state index contributed by atoms with van der Waals surface area (Å²) in [5.41, 5.74) is 2.42. The molecule has 24 heavy (non-hydrogen) atoms. The molecule has 0 aliphatic rings. The van der Waals surface area contributed by atoms with E-state index in [2.05, 4.69) is 29.6 Å². The Morgan fingerprint density at radius 2 is 1.83 bits per heavy atom. The van der Waals surface area contributed by atoms with Crippen LogP contribution in [0.4, 0.5) is 0 Å². The van der Waals surface area contributed by atoms with Crippen molar-refractivity contribution in [1.82, 2.24) is 5.32 Å². The van der Waals surface area contributed by atoms with E-state index in [1.807, 2.05) is 39.0 Å². The van der Waals surface area contributed by atoms with E-state index in [9.17, 15) is 0 Å². The van der Waals surface area contributed by atoms with Gasteiger partial charge in [-0.1, -0.05) is 41.9 Å². The van der Waals surface area contributed by atoms with Gasteiger partial charge in [0, 0.05) is 6.54 Å². The molecule has 0 bridgehead atoms. The molecule has 0 atom stereocenters. The molecule has 130 valence electrons. The zero-order chi connectivity index (χ0) is 17.4. The molecule has 0 saturated carbocycles. The van der Waals surface area contributed by atoms with Crippen LogP contribution in [0, 0.1) is 0 Å². The molecule has 2 aromatic rings. The van der Waals surface area contributed by atoms with Gasteiger partial charge in [-0.05, 0) is 57.0 Å². The first kappa shape index (κ1) is 18.6. The van der Waals surface area contributed by atoms with Crippen molar-refractivity contribution in [1.29, 1.82) is 0 Å². The van der Waals surface area contributed by atoms with Crippen molar-refractivity contribution in [2.45, 2.75) is 39.8 Å². The second-order valence-corrected chi connectivity index (χ2v) is 6.32. The van der Waals surface area contributed by atoms with Gasteiger partial charge in [0.15, 0.2) is 11.5 Å². The number of benzene rings is 2. The summed E-state index contributed by atoms with van der Waals surface area (Å²) in [6, 6.07) is 14.4.